The van der Waals surface area contributed by atoms with Crippen molar-refractivity contribution in [2.75, 3.05) is 5.32 Å². The van der Waals surface area contributed by atoms with Crippen molar-refractivity contribution in [3.05, 3.63) is 71.2 Å². The van der Waals surface area contributed by atoms with Gasteiger partial charge in [-0.15, -0.1) is 0 Å². The molecule has 0 atom stereocenters. The molecule has 7 heteroatoms. The number of fused-ring (bicyclic) bond motifs is 1. The number of hydrogen-bond donors (Lipinski definition) is 4. The molecule has 146 valence electrons. The van der Waals surface area contributed by atoms with Crippen molar-refractivity contribution in [3.63, 3.8) is 0 Å². The molecule has 7 nitrogen and oxygen atoms in total. The maximum absolute atomic E-state index is 12.5. The van der Waals surface area contributed by atoms with E-state index < -0.39 is 0 Å². The highest BCUT2D eigenvalue weighted by Gasteiger charge is 2.16. The second kappa shape index (κ2) is 6.94. The topological polar surface area (TPSA) is 107 Å². The standard InChI is InChI=1S/C22H21N5O2/c1-11-13(3)26-27-20(11)22(29)24-16-8-15-9-19(25-21(15)23-10-16)18-7-5-6-17(12(18)2)14(4)28/h5-10,28H,4H2,1-3H3,(H,23,25)(H,24,29)(H,26,27). The van der Waals surface area contributed by atoms with Crippen LogP contribution < -0.4 is 5.32 Å². The Bertz CT molecular complexity index is 1270. The summed E-state index contributed by atoms with van der Waals surface area (Å²) in [5.41, 5.74) is 6.78. The summed E-state index contributed by atoms with van der Waals surface area (Å²) in [4.78, 5) is 20.2. The Morgan fingerprint density at radius 3 is 2.66 bits per heavy atom. The van der Waals surface area contributed by atoms with Crippen molar-refractivity contribution < 1.29 is 9.90 Å². The normalized spacial score (nSPS) is 11.0. The number of amides is 1. The number of aromatic amines is 2. The molecule has 1 amide bonds. The van der Waals surface area contributed by atoms with Crippen LogP contribution in [0.4, 0.5) is 5.69 Å². The van der Waals surface area contributed by atoms with Crippen molar-refractivity contribution in [2.24, 2.45) is 0 Å². The largest absolute Gasteiger partial charge is 0.508 e. The average molecular weight is 387 g/mol. The molecule has 3 heterocycles. The predicted octanol–water partition coefficient (Wildman–Crippen LogP) is 4.66. The third kappa shape index (κ3) is 3.27. The number of aryl methyl sites for hydroxylation is 1. The van der Waals surface area contributed by atoms with Crippen molar-refractivity contribution in [2.45, 2.75) is 20.8 Å². The van der Waals surface area contributed by atoms with Gasteiger partial charge in [0, 0.05) is 33.5 Å². The zero-order chi connectivity index (χ0) is 20.7. The third-order valence-corrected chi connectivity index (χ3v) is 5.13. The zero-order valence-electron chi connectivity index (χ0n) is 16.4. The van der Waals surface area contributed by atoms with Gasteiger partial charge in [-0.05, 0) is 38.5 Å². The molecule has 1 aromatic carbocycles. The summed E-state index contributed by atoms with van der Waals surface area (Å²) in [6.45, 7) is 9.28. The predicted molar refractivity (Wildman–Crippen MR) is 114 cm³/mol. The van der Waals surface area contributed by atoms with Crippen molar-refractivity contribution >= 4 is 28.4 Å². The Kier molecular flexibility index (Phi) is 4.43. The highest BCUT2D eigenvalue weighted by atomic mass is 16.3. The number of hydrogen-bond acceptors (Lipinski definition) is 4. The summed E-state index contributed by atoms with van der Waals surface area (Å²) in [7, 11) is 0. The number of pyridine rings is 1. The lowest BCUT2D eigenvalue weighted by atomic mass is 9.99. The summed E-state index contributed by atoms with van der Waals surface area (Å²) in [5.74, 6) is -0.249. The van der Waals surface area contributed by atoms with Gasteiger partial charge in [-0.1, -0.05) is 24.8 Å². The second-order valence-electron chi connectivity index (χ2n) is 7.05. The number of anilines is 1. The Balaban J connectivity index is 1.67. The van der Waals surface area contributed by atoms with E-state index in [1.54, 1.807) is 6.20 Å². The van der Waals surface area contributed by atoms with Gasteiger partial charge < -0.3 is 15.4 Å². The summed E-state index contributed by atoms with van der Waals surface area (Å²) < 4.78 is 0. The molecule has 0 radical (unpaired) electrons. The lowest BCUT2D eigenvalue weighted by Crippen LogP contribution is -2.13. The molecule has 0 spiro atoms. The molecule has 29 heavy (non-hydrogen) atoms. The molecule has 0 saturated heterocycles. The van der Waals surface area contributed by atoms with Crippen LogP contribution >= 0.6 is 0 Å². The molecule has 0 fully saturated rings. The van der Waals surface area contributed by atoms with Crippen LogP contribution in [-0.2, 0) is 0 Å². The van der Waals surface area contributed by atoms with Crippen LogP contribution in [0, 0.1) is 20.8 Å². The molecule has 4 rings (SSSR count). The van der Waals surface area contributed by atoms with Crippen molar-refractivity contribution in [1.29, 1.82) is 0 Å². The Morgan fingerprint density at radius 2 is 1.97 bits per heavy atom. The summed E-state index contributed by atoms with van der Waals surface area (Å²) in [6.07, 6.45) is 1.61. The minimum atomic E-state index is -0.284. The molecular formula is C22H21N5O2. The fraction of sp³-hybridized carbons (Fsp3) is 0.136. The van der Waals surface area contributed by atoms with E-state index in [2.05, 4.69) is 32.1 Å². The molecule has 0 bridgehead atoms. The number of carbonyl (C=O) groups excluding carboxylic acids is 1. The number of aromatic nitrogens is 4. The Hall–Kier alpha value is -3.87. The quantitative estimate of drug-likeness (QED) is 0.382. The third-order valence-electron chi connectivity index (χ3n) is 5.13. The van der Waals surface area contributed by atoms with Crippen LogP contribution in [0.5, 0.6) is 0 Å². The molecule has 0 aliphatic rings. The van der Waals surface area contributed by atoms with E-state index in [-0.39, 0.29) is 11.7 Å². The lowest BCUT2D eigenvalue weighted by molar-refractivity contribution is 0.102. The van der Waals surface area contributed by atoms with E-state index in [0.717, 1.165) is 33.5 Å². The average Bonchev–Trinajstić information content (AvgIpc) is 3.25. The monoisotopic (exact) mass is 387 g/mol. The van der Waals surface area contributed by atoms with Gasteiger partial charge in [0.2, 0.25) is 0 Å². The van der Waals surface area contributed by atoms with Gasteiger partial charge in [0.05, 0.1) is 11.9 Å². The number of carbonyl (C=O) groups is 1. The molecule has 0 aliphatic carbocycles. The number of benzene rings is 1. The maximum atomic E-state index is 12.5. The van der Waals surface area contributed by atoms with Crippen LogP contribution in [0.15, 0.2) is 43.1 Å². The molecule has 0 saturated carbocycles. The fourth-order valence-electron chi connectivity index (χ4n) is 3.37. The molecule has 0 aliphatic heterocycles. The summed E-state index contributed by atoms with van der Waals surface area (Å²) in [6, 6.07) is 9.50. The van der Waals surface area contributed by atoms with E-state index in [1.165, 1.54) is 0 Å². The van der Waals surface area contributed by atoms with Crippen LogP contribution in [0.3, 0.4) is 0 Å². The van der Waals surface area contributed by atoms with E-state index in [4.69, 9.17) is 0 Å². The van der Waals surface area contributed by atoms with Crippen molar-refractivity contribution in [3.8, 4) is 11.3 Å². The van der Waals surface area contributed by atoms with E-state index in [9.17, 15) is 9.90 Å². The SMILES string of the molecule is C=C(O)c1cccc(-c2cc3cc(NC(=O)c4n[nH]c(C)c4C)cnc3[nH]2)c1C. The molecule has 4 N–H and O–H groups in total. The number of nitrogens with one attached hydrogen (secondary N) is 3. The van der Waals surface area contributed by atoms with Crippen LogP contribution in [0.2, 0.25) is 0 Å². The number of nitrogens with zero attached hydrogens (tertiary/aromatic N) is 2. The molecule has 3 aromatic heterocycles. The van der Waals surface area contributed by atoms with E-state index >= 15 is 0 Å². The number of rotatable bonds is 4. The maximum Gasteiger partial charge on any atom is 0.276 e. The first-order valence-corrected chi connectivity index (χ1v) is 9.15. The highest BCUT2D eigenvalue weighted by molar-refractivity contribution is 6.04. The summed E-state index contributed by atoms with van der Waals surface area (Å²) in [5, 5.41) is 20.4. The smallest absolute Gasteiger partial charge is 0.276 e. The van der Waals surface area contributed by atoms with Crippen LogP contribution in [-0.4, -0.2) is 31.2 Å². The minimum absolute atomic E-state index is 0.0347. The molecular weight excluding hydrogens is 366 g/mol. The molecule has 0 unspecified atom stereocenters. The fourth-order valence-corrected chi connectivity index (χ4v) is 3.37. The summed E-state index contributed by atoms with van der Waals surface area (Å²) >= 11 is 0. The zero-order valence-corrected chi connectivity index (χ0v) is 16.4. The Labute approximate surface area is 167 Å². The first kappa shape index (κ1) is 18.5. The van der Waals surface area contributed by atoms with Gasteiger partial charge in [-0.3, -0.25) is 9.89 Å². The van der Waals surface area contributed by atoms with Crippen molar-refractivity contribution in [1.82, 2.24) is 20.2 Å². The van der Waals surface area contributed by atoms with Crippen LogP contribution in [0.25, 0.3) is 28.0 Å². The first-order chi connectivity index (χ1) is 13.8. The van der Waals surface area contributed by atoms with Gasteiger partial charge in [-0.25, -0.2) is 4.98 Å². The number of aliphatic hydroxyl groups is 1. The lowest BCUT2D eigenvalue weighted by Gasteiger charge is -2.08. The van der Waals surface area contributed by atoms with Gasteiger partial charge in [0.15, 0.2) is 5.69 Å². The van der Waals surface area contributed by atoms with Gasteiger partial charge >= 0.3 is 0 Å². The van der Waals surface area contributed by atoms with Gasteiger partial charge in [-0.2, -0.15) is 5.10 Å². The minimum Gasteiger partial charge on any atom is -0.508 e. The second-order valence-corrected chi connectivity index (χ2v) is 7.05. The first-order valence-electron chi connectivity index (χ1n) is 9.15. The van der Waals surface area contributed by atoms with E-state index in [1.807, 2.05) is 51.1 Å². The van der Waals surface area contributed by atoms with Gasteiger partial charge in [0.25, 0.3) is 5.91 Å². The van der Waals surface area contributed by atoms with Crippen LogP contribution in [0.1, 0.15) is 32.9 Å². The highest BCUT2D eigenvalue weighted by Crippen LogP contribution is 2.30. The Morgan fingerprint density at radius 1 is 1.17 bits per heavy atom. The van der Waals surface area contributed by atoms with E-state index in [0.29, 0.717) is 22.6 Å². The number of H-pyrrole nitrogens is 2. The molecule has 4 aromatic rings. The number of aliphatic hydroxyl groups excluding tert-OH is 1. The van der Waals surface area contributed by atoms with Gasteiger partial charge in [0.1, 0.15) is 11.4 Å².